The van der Waals surface area contributed by atoms with E-state index in [-0.39, 0.29) is 5.97 Å². The lowest BCUT2D eigenvalue weighted by Crippen LogP contribution is -2.38. The van der Waals surface area contributed by atoms with Gasteiger partial charge in [0, 0.05) is 12.8 Å². The maximum Gasteiger partial charge on any atom is 0.308 e. The van der Waals surface area contributed by atoms with Crippen LogP contribution >= 0.6 is 0 Å². The van der Waals surface area contributed by atoms with Crippen molar-refractivity contribution in [2.75, 3.05) is 6.61 Å². The van der Waals surface area contributed by atoms with E-state index in [1.807, 2.05) is 0 Å². The summed E-state index contributed by atoms with van der Waals surface area (Å²) < 4.78 is 5.22. The Morgan fingerprint density at radius 1 is 0.576 bits per heavy atom. The zero-order chi connectivity index (χ0) is 24.5. The third kappa shape index (κ3) is 22.9. The van der Waals surface area contributed by atoms with Gasteiger partial charge in [-0.3, -0.25) is 4.79 Å². The number of carbonyl (C=O) groups is 1. The summed E-state index contributed by atoms with van der Waals surface area (Å²) in [5, 5.41) is 19.8. The molecule has 0 aliphatic rings. The quantitative estimate of drug-likeness (QED) is 0.0754. The summed E-state index contributed by atoms with van der Waals surface area (Å²) in [6, 6.07) is 0. The van der Waals surface area contributed by atoms with Crippen LogP contribution < -0.4 is 0 Å². The molecule has 2 N–H and O–H groups in total. The topological polar surface area (TPSA) is 66.8 Å². The molecule has 0 radical (unpaired) electrons. The van der Waals surface area contributed by atoms with Crippen LogP contribution in [0.25, 0.3) is 0 Å². The second-order valence-electron chi connectivity index (χ2n) is 10.1. The number of ether oxygens (including phenoxy) is 1. The molecule has 0 saturated heterocycles. The summed E-state index contributed by atoms with van der Waals surface area (Å²) in [5.74, 6) is -2.08. The van der Waals surface area contributed by atoms with E-state index >= 15 is 0 Å². The van der Waals surface area contributed by atoms with E-state index in [1.165, 1.54) is 103 Å². The van der Waals surface area contributed by atoms with Gasteiger partial charge in [-0.2, -0.15) is 0 Å². The largest absolute Gasteiger partial charge is 0.431 e. The van der Waals surface area contributed by atoms with Crippen molar-refractivity contribution in [3.63, 3.8) is 0 Å². The van der Waals surface area contributed by atoms with Crippen molar-refractivity contribution in [3.05, 3.63) is 0 Å². The standard InChI is InChI=1S/C29H58O4/c1-3-5-7-9-11-12-13-14-15-16-17-18-19-21-23-25-28(31)33-29(32,27-30)26-24-22-20-10-8-6-4-2/h30,32H,3-27H2,1-2H3. The maximum atomic E-state index is 12.1. The molecule has 0 saturated carbocycles. The number of carbonyl (C=O) groups excluding carboxylic acids is 1. The molecule has 0 bridgehead atoms. The third-order valence-electron chi connectivity index (χ3n) is 6.71. The van der Waals surface area contributed by atoms with Gasteiger partial charge in [-0.15, -0.1) is 0 Å². The predicted molar refractivity (Wildman–Crippen MR) is 140 cm³/mol. The van der Waals surface area contributed by atoms with E-state index in [9.17, 15) is 15.0 Å². The van der Waals surface area contributed by atoms with Crippen molar-refractivity contribution in [2.45, 2.75) is 174 Å². The molecule has 0 amide bonds. The van der Waals surface area contributed by atoms with Crippen LogP contribution in [0, 0.1) is 0 Å². The fourth-order valence-electron chi connectivity index (χ4n) is 4.42. The Balaban J connectivity index is 3.53. The van der Waals surface area contributed by atoms with Crippen molar-refractivity contribution < 1.29 is 19.7 Å². The minimum Gasteiger partial charge on any atom is -0.431 e. The number of esters is 1. The Morgan fingerprint density at radius 2 is 0.909 bits per heavy atom. The molecule has 0 heterocycles. The highest BCUT2D eigenvalue weighted by Crippen LogP contribution is 2.20. The first-order chi connectivity index (χ1) is 16.1. The van der Waals surface area contributed by atoms with E-state index < -0.39 is 12.4 Å². The Bertz CT molecular complexity index is 412. The fourth-order valence-corrected chi connectivity index (χ4v) is 4.42. The molecule has 1 atom stereocenters. The molecular weight excluding hydrogens is 412 g/mol. The summed E-state index contributed by atoms with van der Waals surface area (Å²) in [6.07, 6.45) is 27.9. The van der Waals surface area contributed by atoms with Crippen molar-refractivity contribution >= 4 is 5.97 Å². The van der Waals surface area contributed by atoms with Gasteiger partial charge in [0.15, 0.2) is 0 Å². The molecule has 0 rings (SSSR count). The molecule has 0 spiro atoms. The van der Waals surface area contributed by atoms with Crippen LogP contribution in [0.3, 0.4) is 0 Å². The molecule has 0 aromatic rings. The van der Waals surface area contributed by atoms with Gasteiger partial charge in [-0.1, -0.05) is 142 Å². The summed E-state index contributed by atoms with van der Waals surface area (Å²) in [7, 11) is 0. The summed E-state index contributed by atoms with van der Waals surface area (Å²) in [6.45, 7) is 3.95. The van der Waals surface area contributed by atoms with Gasteiger partial charge in [0.25, 0.3) is 0 Å². The second-order valence-corrected chi connectivity index (χ2v) is 10.1. The lowest BCUT2D eigenvalue weighted by atomic mass is 10.0. The monoisotopic (exact) mass is 470 g/mol. The predicted octanol–water partition coefficient (Wildman–Crippen LogP) is 8.61. The molecule has 198 valence electrons. The van der Waals surface area contributed by atoms with Crippen LogP contribution in [0.5, 0.6) is 0 Å². The van der Waals surface area contributed by atoms with Crippen molar-refractivity contribution in [3.8, 4) is 0 Å². The fraction of sp³-hybridized carbons (Fsp3) is 0.966. The van der Waals surface area contributed by atoms with Gasteiger partial charge in [0.2, 0.25) is 5.79 Å². The third-order valence-corrected chi connectivity index (χ3v) is 6.71. The summed E-state index contributed by atoms with van der Waals surface area (Å²) in [5.41, 5.74) is 0. The summed E-state index contributed by atoms with van der Waals surface area (Å²) >= 11 is 0. The van der Waals surface area contributed by atoms with E-state index in [2.05, 4.69) is 13.8 Å². The molecule has 0 aromatic heterocycles. The maximum absolute atomic E-state index is 12.1. The van der Waals surface area contributed by atoms with Crippen LogP contribution in [0.15, 0.2) is 0 Å². The minimum absolute atomic E-state index is 0.321. The number of hydrogen-bond acceptors (Lipinski definition) is 4. The zero-order valence-corrected chi connectivity index (χ0v) is 22.4. The number of unbranched alkanes of at least 4 members (excludes halogenated alkanes) is 20. The lowest BCUT2D eigenvalue weighted by molar-refractivity contribution is -0.226. The van der Waals surface area contributed by atoms with Crippen LogP contribution in [-0.4, -0.2) is 28.6 Å². The van der Waals surface area contributed by atoms with E-state index in [0.29, 0.717) is 12.8 Å². The van der Waals surface area contributed by atoms with Gasteiger partial charge in [0.1, 0.15) is 6.61 Å². The van der Waals surface area contributed by atoms with E-state index in [1.54, 1.807) is 0 Å². The smallest absolute Gasteiger partial charge is 0.308 e. The highest BCUT2D eigenvalue weighted by molar-refractivity contribution is 5.69. The van der Waals surface area contributed by atoms with Crippen LogP contribution in [0.1, 0.15) is 168 Å². The average molecular weight is 471 g/mol. The van der Waals surface area contributed by atoms with Crippen molar-refractivity contribution in [2.24, 2.45) is 0 Å². The minimum atomic E-state index is -1.70. The van der Waals surface area contributed by atoms with E-state index in [4.69, 9.17) is 4.74 Å². The van der Waals surface area contributed by atoms with Crippen molar-refractivity contribution in [1.82, 2.24) is 0 Å². The Kier molecular flexibility index (Phi) is 24.1. The molecule has 0 aliphatic carbocycles. The van der Waals surface area contributed by atoms with Gasteiger partial charge in [-0.25, -0.2) is 0 Å². The molecule has 0 aromatic carbocycles. The first kappa shape index (κ1) is 32.4. The first-order valence-corrected chi connectivity index (χ1v) is 14.6. The summed E-state index contributed by atoms with van der Waals surface area (Å²) in [4.78, 5) is 12.1. The molecular formula is C29H58O4. The molecule has 0 aliphatic heterocycles. The van der Waals surface area contributed by atoms with Gasteiger partial charge < -0.3 is 14.9 Å². The Hall–Kier alpha value is -0.610. The molecule has 4 nitrogen and oxygen atoms in total. The highest BCUT2D eigenvalue weighted by atomic mass is 16.7. The molecule has 1 unspecified atom stereocenters. The normalized spacial score (nSPS) is 13.2. The number of hydrogen-bond donors (Lipinski definition) is 2. The number of aliphatic hydroxyl groups is 2. The zero-order valence-electron chi connectivity index (χ0n) is 22.4. The molecule has 33 heavy (non-hydrogen) atoms. The van der Waals surface area contributed by atoms with Gasteiger partial charge in [-0.05, 0) is 12.8 Å². The second kappa shape index (κ2) is 24.5. The molecule has 0 fully saturated rings. The number of rotatable bonds is 26. The van der Waals surface area contributed by atoms with Gasteiger partial charge >= 0.3 is 5.97 Å². The molecule has 4 heteroatoms. The average Bonchev–Trinajstić information content (AvgIpc) is 2.81. The van der Waals surface area contributed by atoms with Gasteiger partial charge in [0.05, 0.1) is 0 Å². The highest BCUT2D eigenvalue weighted by Gasteiger charge is 2.29. The van der Waals surface area contributed by atoms with Crippen LogP contribution in [-0.2, 0) is 9.53 Å². The SMILES string of the molecule is CCCCCCCCCCCCCCCCCC(=O)OC(O)(CO)CCCCCCCCC. The van der Waals surface area contributed by atoms with Crippen LogP contribution in [0.2, 0.25) is 0 Å². The van der Waals surface area contributed by atoms with Crippen molar-refractivity contribution in [1.29, 1.82) is 0 Å². The van der Waals surface area contributed by atoms with E-state index in [0.717, 1.165) is 38.5 Å². The van der Waals surface area contributed by atoms with Crippen LogP contribution in [0.4, 0.5) is 0 Å². The Morgan fingerprint density at radius 3 is 1.27 bits per heavy atom. The lowest BCUT2D eigenvalue weighted by Gasteiger charge is -2.25. The number of aliphatic hydroxyl groups excluding tert-OH is 1. The Labute approximate surface area is 206 Å². The first-order valence-electron chi connectivity index (χ1n) is 14.6.